The van der Waals surface area contributed by atoms with Crippen LogP contribution >= 0.6 is 11.3 Å². The summed E-state index contributed by atoms with van der Waals surface area (Å²) in [6, 6.07) is 0. The number of alkyl halides is 3. The highest BCUT2D eigenvalue weighted by atomic mass is 32.1. The number of halogens is 3. The number of nitrogens with zero attached hydrogens (tertiary/aromatic N) is 2. The van der Waals surface area contributed by atoms with Crippen molar-refractivity contribution in [1.82, 2.24) is 4.98 Å². The molecule has 0 saturated carbocycles. The molecule has 17 heavy (non-hydrogen) atoms. The van der Waals surface area contributed by atoms with Gasteiger partial charge in [0.1, 0.15) is 6.54 Å². The van der Waals surface area contributed by atoms with Crippen molar-refractivity contribution in [2.45, 2.75) is 13.1 Å². The Morgan fingerprint density at radius 3 is 2.71 bits per heavy atom. The maximum absolute atomic E-state index is 12.1. The zero-order chi connectivity index (χ0) is 13.1. The number of thiazole rings is 1. The van der Waals surface area contributed by atoms with Gasteiger partial charge in [-0.05, 0) is 13.0 Å². The summed E-state index contributed by atoms with van der Waals surface area (Å²) < 4.78 is 36.4. The molecule has 0 spiro atoms. The molecule has 1 heterocycles. The molecule has 1 aromatic rings. The molecular weight excluding hydrogens is 251 g/mol. The first-order valence-electron chi connectivity index (χ1n) is 4.69. The van der Waals surface area contributed by atoms with Crippen molar-refractivity contribution in [3.63, 3.8) is 0 Å². The van der Waals surface area contributed by atoms with E-state index in [-0.39, 0.29) is 5.13 Å². The molecule has 0 aliphatic heterocycles. The molecule has 0 radical (unpaired) electrons. The molecule has 0 bridgehead atoms. The minimum atomic E-state index is -4.34. The number of allylic oxidation sites excluding steroid dienone is 2. The van der Waals surface area contributed by atoms with Crippen LogP contribution in [0.5, 0.6) is 0 Å². The van der Waals surface area contributed by atoms with E-state index in [0.29, 0.717) is 10.7 Å². The molecule has 0 fully saturated rings. The molecule has 1 rings (SSSR count). The first-order valence-corrected chi connectivity index (χ1v) is 5.50. The first-order chi connectivity index (χ1) is 7.83. The third kappa shape index (κ3) is 4.20. The summed E-state index contributed by atoms with van der Waals surface area (Å²) in [5, 5.41) is 0.742. The maximum Gasteiger partial charge on any atom is 0.407 e. The Hall–Kier alpha value is -1.34. The number of anilines is 1. The predicted molar refractivity (Wildman–Crippen MR) is 63.7 cm³/mol. The van der Waals surface area contributed by atoms with Crippen LogP contribution in [0.4, 0.5) is 18.3 Å². The summed E-state index contributed by atoms with van der Waals surface area (Å²) in [5.74, 6) is 5.31. The van der Waals surface area contributed by atoms with Crippen LogP contribution in [0.15, 0.2) is 18.7 Å². The number of nitrogens with two attached hydrogens (primary N) is 1. The van der Waals surface area contributed by atoms with Gasteiger partial charge in [0.25, 0.3) is 0 Å². The summed E-state index contributed by atoms with van der Waals surface area (Å²) in [5.41, 5.74) is 0.600. The van der Waals surface area contributed by atoms with Crippen molar-refractivity contribution in [3.05, 3.63) is 29.3 Å². The van der Waals surface area contributed by atoms with Crippen molar-refractivity contribution in [3.8, 4) is 0 Å². The number of aryl methyl sites for hydroxylation is 1. The molecule has 1 aromatic heterocycles. The van der Waals surface area contributed by atoms with Crippen LogP contribution < -0.4 is 10.9 Å². The van der Waals surface area contributed by atoms with Crippen LogP contribution in [0.1, 0.15) is 10.6 Å². The smallest absolute Gasteiger partial charge is 0.277 e. The second-order valence-electron chi connectivity index (χ2n) is 3.28. The largest absolute Gasteiger partial charge is 0.407 e. The van der Waals surface area contributed by atoms with Crippen molar-refractivity contribution in [1.29, 1.82) is 0 Å². The van der Waals surface area contributed by atoms with Gasteiger partial charge in [-0.1, -0.05) is 18.7 Å². The number of hydrazine groups is 1. The van der Waals surface area contributed by atoms with Crippen LogP contribution in [0.3, 0.4) is 0 Å². The highest BCUT2D eigenvalue weighted by molar-refractivity contribution is 7.15. The minimum Gasteiger partial charge on any atom is -0.277 e. The summed E-state index contributed by atoms with van der Waals surface area (Å²) in [6.07, 6.45) is 0.556. The van der Waals surface area contributed by atoms with E-state index in [9.17, 15) is 13.2 Å². The molecule has 0 unspecified atom stereocenters. The lowest BCUT2D eigenvalue weighted by Crippen LogP contribution is -2.39. The van der Waals surface area contributed by atoms with Crippen LogP contribution in [0.2, 0.25) is 0 Å². The van der Waals surface area contributed by atoms with Gasteiger partial charge in [-0.2, -0.15) is 13.2 Å². The van der Waals surface area contributed by atoms with Crippen LogP contribution in [0, 0.1) is 6.92 Å². The molecule has 0 atom stereocenters. The second-order valence-corrected chi connectivity index (χ2v) is 4.46. The van der Waals surface area contributed by atoms with E-state index in [4.69, 9.17) is 5.84 Å². The quantitative estimate of drug-likeness (QED) is 0.516. The minimum absolute atomic E-state index is 0.142. The van der Waals surface area contributed by atoms with E-state index in [1.54, 1.807) is 25.2 Å². The Balaban J connectivity index is 2.85. The van der Waals surface area contributed by atoms with E-state index in [0.717, 1.165) is 16.2 Å². The average Bonchev–Trinajstić information content (AvgIpc) is 2.54. The molecule has 3 nitrogen and oxygen atoms in total. The zero-order valence-electron chi connectivity index (χ0n) is 9.16. The highest BCUT2D eigenvalue weighted by Gasteiger charge is 2.31. The monoisotopic (exact) mass is 263 g/mol. The molecular formula is C10H12F3N3S. The molecule has 0 aromatic carbocycles. The fourth-order valence-corrected chi connectivity index (χ4v) is 1.91. The van der Waals surface area contributed by atoms with Gasteiger partial charge < -0.3 is 0 Å². The Kier molecular flexibility index (Phi) is 4.30. The molecule has 94 valence electrons. The van der Waals surface area contributed by atoms with Crippen LogP contribution in [-0.4, -0.2) is 17.7 Å². The Morgan fingerprint density at radius 2 is 2.18 bits per heavy atom. The Labute approximate surface area is 101 Å². The fraction of sp³-hybridized carbons (Fsp3) is 0.300. The third-order valence-corrected chi connectivity index (χ3v) is 2.83. The average molecular weight is 263 g/mol. The summed E-state index contributed by atoms with van der Waals surface area (Å²) in [4.78, 5) is 4.82. The molecule has 0 aliphatic rings. The van der Waals surface area contributed by atoms with Gasteiger partial charge in [-0.15, -0.1) is 11.3 Å². The van der Waals surface area contributed by atoms with E-state index in [1.165, 1.54) is 0 Å². The van der Waals surface area contributed by atoms with Crippen LogP contribution in [-0.2, 0) is 0 Å². The normalized spacial score (nSPS) is 12.1. The van der Waals surface area contributed by atoms with Gasteiger partial charge in [-0.25, -0.2) is 10.8 Å². The lowest BCUT2D eigenvalue weighted by atomic mass is 10.3. The highest BCUT2D eigenvalue weighted by Crippen LogP contribution is 2.27. The zero-order valence-corrected chi connectivity index (χ0v) is 9.98. The van der Waals surface area contributed by atoms with E-state index in [2.05, 4.69) is 11.6 Å². The van der Waals surface area contributed by atoms with Crippen molar-refractivity contribution in [2.24, 2.45) is 5.84 Å². The van der Waals surface area contributed by atoms with Gasteiger partial charge in [0.05, 0.1) is 5.69 Å². The molecule has 0 amide bonds. The first kappa shape index (κ1) is 13.7. The van der Waals surface area contributed by atoms with Crippen molar-refractivity contribution < 1.29 is 13.2 Å². The number of aromatic nitrogens is 1. The van der Waals surface area contributed by atoms with E-state index in [1.807, 2.05) is 0 Å². The SMILES string of the molecule is C=C/C=C\c1nc(N(N)CC(F)(F)F)sc1C. The van der Waals surface area contributed by atoms with E-state index >= 15 is 0 Å². The van der Waals surface area contributed by atoms with Gasteiger partial charge in [0.2, 0.25) is 5.13 Å². The van der Waals surface area contributed by atoms with Gasteiger partial charge >= 0.3 is 6.18 Å². The fourth-order valence-electron chi connectivity index (χ4n) is 1.09. The molecule has 7 heteroatoms. The topological polar surface area (TPSA) is 42.2 Å². The lowest BCUT2D eigenvalue weighted by molar-refractivity contribution is -0.119. The third-order valence-electron chi connectivity index (χ3n) is 1.81. The van der Waals surface area contributed by atoms with Gasteiger partial charge in [-0.3, -0.25) is 5.01 Å². The Morgan fingerprint density at radius 1 is 1.53 bits per heavy atom. The number of hydrogen-bond acceptors (Lipinski definition) is 4. The van der Waals surface area contributed by atoms with Crippen molar-refractivity contribution in [2.75, 3.05) is 11.6 Å². The summed E-state index contributed by atoms with van der Waals surface area (Å²) in [7, 11) is 0. The molecule has 0 aliphatic carbocycles. The summed E-state index contributed by atoms with van der Waals surface area (Å²) in [6.45, 7) is 4.05. The standard InChI is InChI=1S/C10H12F3N3S/c1-3-4-5-8-7(2)17-9(15-8)16(14)6-10(11,12)13/h3-5H,1,6,14H2,2H3/b5-4-. The van der Waals surface area contributed by atoms with Crippen LogP contribution in [0.25, 0.3) is 6.08 Å². The van der Waals surface area contributed by atoms with E-state index < -0.39 is 12.7 Å². The van der Waals surface area contributed by atoms with Gasteiger partial charge in [0.15, 0.2) is 0 Å². The number of hydrogen-bond donors (Lipinski definition) is 1. The number of rotatable bonds is 4. The molecule has 0 saturated heterocycles. The van der Waals surface area contributed by atoms with Gasteiger partial charge in [0, 0.05) is 4.88 Å². The maximum atomic E-state index is 12.1. The summed E-state index contributed by atoms with van der Waals surface area (Å²) >= 11 is 1.12. The van der Waals surface area contributed by atoms with Crippen molar-refractivity contribution >= 4 is 22.5 Å². The lowest BCUT2D eigenvalue weighted by Gasteiger charge is -2.16. The Bertz CT molecular complexity index is 423. The second kappa shape index (κ2) is 5.33. The molecule has 2 N–H and O–H groups in total. The predicted octanol–water partition coefficient (Wildman–Crippen LogP) is 2.89.